The zero-order valence-corrected chi connectivity index (χ0v) is 24.0. The third-order valence-corrected chi connectivity index (χ3v) is 5.90. The van der Waals surface area contributed by atoms with E-state index < -0.39 is 30.4 Å². The lowest BCUT2D eigenvalue weighted by molar-refractivity contribution is -0.159. The minimum absolute atomic E-state index is 0.0232. The van der Waals surface area contributed by atoms with E-state index in [9.17, 15) is 19.2 Å². The standard InChI is InChI=1S/C28H43NO10/c1-8-17(4)13-25(30)35-20(7)16-34-26(31)22(29)14-21-11-12-23(38-27(32)36-18(5)9-2)24(15-21)39-28(33)37-19(6)10-3/h11-12,15,17-20,22H,8-10,13-14,16,29H2,1-7H3/t17?,18?,19?,20-,22-/m0/s1. The molecule has 0 aliphatic carbocycles. The van der Waals surface area contributed by atoms with Gasteiger partial charge in [0.15, 0.2) is 11.5 Å². The van der Waals surface area contributed by atoms with Crippen LogP contribution in [-0.2, 0) is 35.0 Å². The predicted molar refractivity (Wildman–Crippen MR) is 142 cm³/mol. The number of rotatable bonds is 15. The molecule has 1 rings (SSSR count). The SMILES string of the molecule is CCC(C)CC(=O)O[C@@H](C)COC(=O)[C@@H](N)Cc1ccc(OC(=O)OC(C)CC)c(OC(=O)OC(C)CC)c1. The minimum atomic E-state index is -1.06. The fraction of sp³-hybridized carbons (Fsp3) is 0.643. The molecule has 0 aromatic heterocycles. The summed E-state index contributed by atoms with van der Waals surface area (Å²) in [6, 6.07) is 3.31. The molecule has 0 saturated heterocycles. The van der Waals surface area contributed by atoms with E-state index in [0.717, 1.165) is 6.42 Å². The Labute approximate surface area is 230 Å². The van der Waals surface area contributed by atoms with Crippen molar-refractivity contribution in [2.75, 3.05) is 6.61 Å². The number of nitrogens with two attached hydrogens (primary N) is 1. The first kappa shape index (κ1) is 33.7. The van der Waals surface area contributed by atoms with Crippen molar-refractivity contribution in [1.29, 1.82) is 0 Å². The number of esters is 2. The second-order valence-electron chi connectivity index (χ2n) is 9.62. The first-order chi connectivity index (χ1) is 18.4. The molecule has 11 heteroatoms. The van der Waals surface area contributed by atoms with Crippen molar-refractivity contribution < 1.29 is 47.6 Å². The predicted octanol–water partition coefficient (Wildman–Crippen LogP) is 5.10. The van der Waals surface area contributed by atoms with E-state index >= 15 is 0 Å². The fourth-order valence-corrected chi connectivity index (χ4v) is 2.95. The lowest BCUT2D eigenvalue weighted by Crippen LogP contribution is -2.36. The lowest BCUT2D eigenvalue weighted by atomic mass is 10.1. The molecular formula is C28H43NO10. The van der Waals surface area contributed by atoms with Gasteiger partial charge in [-0.3, -0.25) is 9.59 Å². The summed E-state index contributed by atoms with van der Waals surface area (Å²) in [7, 11) is 0. The van der Waals surface area contributed by atoms with Crippen LogP contribution >= 0.6 is 0 Å². The molecule has 0 fully saturated rings. The summed E-state index contributed by atoms with van der Waals surface area (Å²) in [5.41, 5.74) is 6.53. The number of hydrogen-bond donors (Lipinski definition) is 1. The largest absolute Gasteiger partial charge is 0.514 e. The van der Waals surface area contributed by atoms with Gasteiger partial charge in [-0.1, -0.05) is 40.2 Å². The number of benzene rings is 1. The number of ether oxygens (including phenoxy) is 6. The third kappa shape index (κ3) is 13.3. The van der Waals surface area contributed by atoms with Gasteiger partial charge in [-0.05, 0) is 63.6 Å². The van der Waals surface area contributed by atoms with Crippen molar-refractivity contribution in [2.24, 2.45) is 11.7 Å². The van der Waals surface area contributed by atoms with Gasteiger partial charge in [0, 0.05) is 6.42 Å². The summed E-state index contributed by atoms with van der Waals surface area (Å²) in [6.07, 6.45) is -0.993. The molecule has 1 aromatic carbocycles. The monoisotopic (exact) mass is 553 g/mol. The summed E-state index contributed by atoms with van der Waals surface area (Å²) in [6.45, 7) is 12.5. The van der Waals surface area contributed by atoms with E-state index in [1.807, 2.05) is 27.7 Å². The van der Waals surface area contributed by atoms with Crippen LogP contribution in [0.2, 0.25) is 0 Å². The smallest absolute Gasteiger partial charge is 0.461 e. The molecule has 0 aliphatic heterocycles. The van der Waals surface area contributed by atoms with Gasteiger partial charge < -0.3 is 34.2 Å². The maximum Gasteiger partial charge on any atom is 0.514 e. The zero-order chi connectivity index (χ0) is 29.5. The highest BCUT2D eigenvalue weighted by molar-refractivity contribution is 5.76. The van der Waals surface area contributed by atoms with Crippen molar-refractivity contribution >= 4 is 24.2 Å². The molecule has 0 bridgehead atoms. The van der Waals surface area contributed by atoms with Crippen LogP contribution in [0, 0.1) is 5.92 Å². The van der Waals surface area contributed by atoms with E-state index in [4.69, 9.17) is 34.2 Å². The van der Waals surface area contributed by atoms with Crippen LogP contribution < -0.4 is 15.2 Å². The van der Waals surface area contributed by atoms with Crippen LogP contribution in [0.25, 0.3) is 0 Å². The molecule has 2 N–H and O–H groups in total. The number of carbonyl (C=O) groups excluding carboxylic acids is 4. The van der Waals surface area contributed by atoms with Gasteiger partial charge in [0.05, 0.1) is 0 Å². The summed E-state index contributed by atoms with van der Waals surface area (Å²) < 4.78 is 31.3. The van der Waals surface area contributed by atoms with Crippen LogP contribution in [0.4, 0.5) is 9.59 Å². The molecule has 0 heterocycles. The van der Waals surface area contributed by atoms with Crippen molar-refractivity contribution in [3.8, 4) is 11.5 Å². The van der Waals surface area contributed by atoms with Gasteiger partial charge >= 0.3 is 24.2 Å². The molecule has 0 aliphatic rings. The molecule has 3 unspecified atom stereocenters. The summed E-state index contributed by atoms with van der Waals surface area (Å²) in [5, 5.41) is 0. The van der Waals surface area contributed by atoms with E-state index in [0.29, 0.717) is 24.8 Å². The highest BCUT2D eigenvalue weighted by Gasteiger charge is 2.22. The highest BCUT2D eigenvalue weighted by Crippen LogP contribution is 2.30. The highest BCUT2D eigenvalue weighted by atomic mass is 16.7. The topological polar surface area (TPSA) is 150 Å². The van der Waals surface area contributed by atoms with Gasteiger partial charge in [0.25, 0.3) is 0 Å². The molecule has 0 saturated carbocycles. The van der Waals surface area contributed by atoms with Crippen LogP contribution in [0.15, 0.2) is 18.2 Å². The van der Waals surface area contributed by atoms with Gasteiger partial charge in [-0.15, -0.1) is 0 Å². The zero-order valence-electron chi connectivity index (χ0n) is 24.0. The molecule has 0 spiro atoms. The normalized spacial score (nSPS) is 14.7. The first-order valence-electron chi connectivity index (χ1n) is 13.4. The third-order valence-electron chi connectivity index (χ3n) is 5.90. The molecule has 0 amide bonds. The first-order valence-corrected chi connectivity index (χ1v) is 13.4. The Morgan fingerprint density at radius 3 is 1.87 bits per heavy atom. The fourth-order valence-electron chi connectivity index (χ4n) is 2.95. The Kier molecular flexibility index (Phi) is 14.9. The minimum Gasteiger partial charge on any atom is -0.461 e. The van der Waals surface area contributed by atoms with E-state index in [1.165, 1.54) is 12.1 Å². The van der Waals surface area contributed by atoms with Crippen molar-refractivity contribution in [1.82, 2.24) is 0 Å². The van der Waals surface area contributed by atoms with Crippen molar-refractivity contribution in [3.63, 3.8) is 0 Å². The molecule has 39 heavy (non-hydrogen) atoms. The van der Waals surface area contributed by atoms with E-state index in [-0.39, 0.29) is 48.6 Å². The van der Waals surface area contributed by atoms with Crippen LogP contribution in [-0.4, -0.2) is 55.2 Å². The lowest BCUT2D eigenvalue weighted by Gasteiger charge is -2.18. The Morgan fingerprint density at radius 2 is 1.33 bits per heavy atom. The van der Waals surface area contributed by atoms with Crippen LogP contribution in [0.3, 0.4) is 0 Å². The number of carbonyl (C=O) groups is 4. The maximum absolute atomic E-state index is 12.4. The van der Waals surface area contributed by atoms with E-state index in [2.05, 4.69) is 0 Å². The molecule has 5 atom stereocenters. The Bertz CT molecular complexity index is 950. The van der Waals surface area contributed by atoms with Crippen LogP contribution in [0.1, 0.15) is 79.7 Å². The second-order valence-corrected chi connectivity index (χ2v) is 9.62. The van der Waals surface area contributed by atoms with Gasteiger partial charge in [-0.25, -0.2) is 9.59 Å². The molecule has 11 nitrogen and oxygen atoms in total. The van der Waals surface area contributed by atoms with E-state index in [1.54, 1.807) is 26.8 Å². The Morgan fingerprint density at radius 1 is 0.769 bits per heavy atom. The quantitative estimate of drug-likeness (QED) is 0.176. The molecule has 0 radical (unpaired) electrons. The molecule has 220 valence electrons. The second kappa shape index (κ2) is 17.3. The summed E-state index contributed by atoms with van der Waals surface area (Å²) in [4.78, 5) is 48.7. The maximum atomic E-state index is 12.4. The Balaban J connectivity index is 2.86. The van der Waals surface area contributed by atoms with Gasteiger partial charge in [0.2, 0.25) is 0 Å². The van der Waals surface area contributed by atoms with Crippen LogP contribution in [0.5, 0.6) is 11.5 Å². The number of hydrogen-bond acceptors (Lipinski definition) is 11. The Hall–Kier alpha value is -3.34. The van der Waals surface area contributed by atoms with Crippen molar-refractivity contribution in [2.45, 2.75) is 105 Å². The summed E-state index contributed by atoms with van der Waals surface area (Å²) in [5.74, 6) is -1.03. The average Bonchev–Trinajstić information content (AvgIpc) is 2.87. The average molecular weight is 554 g/mol. The molecule has 1 aromatic rings. The van der Waals surface area contributed by atoms with Gasteiger partial charge in [0.1, 0.15) is 31.0 Å². The summed E-state index contributed by atoms with van der Waals surface area (Å²) >= 11 is 0. The van der Waals surface area contributed by atoms with Crippen molar-refractivity contribution in [3.05, 3.63) is 23.8 Å². The van der Waals surface area contributed by atoms with Gasteiger partial charge in [-0.2, -0.15) is 0 Å². The molecular weight excluding hydrogens is 510 g/mol.